The lowest BCUT2D eigenvalue weighted by molar-refractivity contribution is 0.338. The quantitative estimate of drug-likeness (QED) is 0.145. The van der Waals surface area contributed by atoms with Gasteiger partial charge in [-0.2, -0.15) is 0 Å². The van der Waals surface area contributed by atoms with Crippen LogP contribution in [0, 0.1) is 6.92 Å². The molecular formula is C42H48O2. The molecule has 228 valence electrons. The zero-order valence-corrected chi connectivity index (χ0v) is 27.1. The molecule has 0 fully saturated rings. The van der Waals surface area contributed by atoms with Crippen LogP contribution in [0.4, 0.5) is 0 Å². The summed E-state index contributed by atoms with van der Waals surface area (Å²) in [5.41, 5.74) is 6.69. The van der Waals surface area contributed by atoms with E-state index in [-0.39, 0.29) is 0 Å². The van der Waals surface area contributed by atoms with Crippen LogP contribution in [-0.2, 0) is 6.42 Å². The molecule has 2 heteroatoms. The van der Waals surface area contributed by atoms with Gasteiger partial charge in [0.2, 0.25) is 0 Å². The first kappa shape index (κ1) is 32.6. The second-order valence-electron chi connectivity index (χ2n) is 11.6. The molecule has 0 amide bonds. The summed E-state index contributed by atoms with van der Waals surface area (Å²) in [7, 11) is 1.71. The highest BCUT2D eigenvalue weighted by Gasteiger charge is 2.10. The normalized spacial score (nSPS) is 12.4. The molecule has 2 nitrogen and oxygen atoms in total. The lowest BCUT2D eigenvalue weighted by Gasteiger charge is -2.15. The fraction of sp³-hybridized carbons (Fsp3) is 0.286. The minimum absolute atomic E-state index is 0.544. The molecule has 0 spiro atoms. The van der Waals surface area contributed by atoms with Crippen molar-refractivity contribution in [2.75, 3.05) is 13.7 Å². The third-order valence-corrected chi connectivity index (χ3v) is 8.30. The Morgan fingerprint density at radius 3 is 2.25 bits per heavy atom. The number of hydrogen-bond donors (Lipinski definition) is 0. The predicted molar refractivity (Wildman–Crippen MR) is 189 cm³/mol. The molecule has 5 rings (SSSR count). The zero-order valence-electron chi connectivity index (χ0n) is 27.1. The lowest BCUT2D eigenvalue weighted by Crippen LogP contribution is -1.99. The van der Waals surface area contributed by atoms with Crippen molar-refractivity contribution in [2.45, 2.75) is 65.2 Å². The fourth-order valence-corrected chi connectivity index (χ4v) is 5.65. The zero-order chi connectivity index (χ0) is 31.1. The monoisotopic (exact) mass is 584 g/mol. The summed E-state index contributed by atoms with van der Waals surface area (Å²) in [5, 5.41) is 2.72. The molecule has 0 aliphatic rings. The first-order valence-corrected chi connectivity index (χ1v) is 16.0. The molecule has 0 saturated carbocycles. The minimum atomic E-state index is 0.544. The smallest absolute Gasteiger partial charge is 0.122 e. The molecule has 0 heterocycles. The SMILES string of the molecule is CCOc1ccc(CC[C@H](C)c2cccc3ccccc23)cc1C.COc1cccc([C@@H](C)CC/C=C/c2ccccc2)c1. The van der Waals surface area contributed by atoms with Gasteiger partial charge in [0, 0.05) is 0 Å². The molecule has 5 aromatic carbocycles. The summed E-state index contributed by atoms with van der Waals surface area (Å²) in [6, 6.07) is 40.7. The third kappa shape index (κ3) is 9.61. The van der Waals surface area contributed by atoms with E-state index in [1.165, 1.54) is 38.6 Å². The first-order valence-electron chi connectivity index (χ1n) is 16.0. The second kappa shape index (κ2) is 17.1. The van der Waals surface area contributed by atoms with Gasteiger partial charge in [0.25, 0.3) is 0 Å². The Morgan fingerprint density at radius 1 is 0.727 bits per heavy atom. The summed E-state index contributed by atoms with van der Waals surface area (Å²) in [6.45, 7) is 9.48. The second-order valence-corrected chi connectivity index (χ2v) is 11.6. The van der Waals surface area contributed by atoms with Gasteiger partial charge in [-0.25, -0.2) is 0 Å². The molecule has 0 bridgehead atoms. The van der Waals surface area contributed by atoms with E-state index in [0.717, 1.165) is 43.8 Å². The van der Waals surface area contributed by atoms with E-state index < -0.39 is 0 Å². The summed E-state index contributed by atoms with van der Waals surface area (Å²) in [5.74, 6) is 3.03. The summed E-state index contributed by atoms with van der Waals surface area (Å²) in [4.78, 5) is 0. The van der Waals surface area contributed by atoms with Gasteiger partial charge >= 0.3 is 0 Å². The number of aryl methyl sites for hydroxylation is 2. The number of hydrogen-bond acceptors (Lipinski definition) is 2. The molecule has 0 aromatic heterocycles. The Labute approximate surface area is 265 Å². The van der Waals surface area contributed by atoms with Crippen molar-refractivity contribution in [3.8, 4) is 11.5 Å². The van der Waals surface area contributed by atoms with Gasteiger partial charge in [-0.1, -0.05) is 123 Å². The van der Waals surface area contributed by atoms with Crippen LogP contribution in [-0.4, -0.2) is 13.7 Å². The van der Waals surface area contributed by atoms with E-state index in [1.54, 1.807) is 7.11 Å². The predicted octanol–water partition coefficient (Wildman–Crippen LogP) is 11.6. The molecule has 0 radical (unpaired) electrons. The van der Waals surface area contributed by atoms with Crippen molar-refractivity contribution in [1.82, 2.24) is 0 Å². The molecule has 0 unspecified atom stereocenters. The standard InChI is InChI=1S/C23H26O.C19H22O/c1-4-24-23-15-14-19(16-18(23)3)13-12-17(2)21-11-7-9-20-8-5-6-10-22(20)21;1-16(18-13-8-14-19(15-18)20-2)9-6-7-12-17-10-4-3-5-11-17/h5-11,14-17H,4,12-13H2,1-3H3;3-5,7-8,10-16H,6,9H2,1-2H3/b;12-7+/t17-;16-/m00/s1. The highest BCUT2D eigenvalue weighted by atomic mass is 16.5. The summed E-state index contributed by atoms with van der Waals surface area (Å²) < 4.78 is 10.9. The van der Waals surface area contributed by atoms with Crippen molar-refractivity contribution >= 4 is 16.8 Å². The van der Waals surface area contributed by atoms with Gasteiger partial charge in [0.1, 0.15) is 11.5 Å². The third-order valence-electron chi connectivity index (χ3n) is 8.30. The van der Waals surface area contributed by atoms with Crippen LogP contribution in [0.3, 0.4) is 0 Å². The fourth-order valence-electron chi connectivity index (χ4n) is 5.65. The Morgan fingerprint density at radius 2 is 1.48 bits per heavy atom. The van der Waals surface area contributed by atoms with Gasteiger partial charge < -0.3 is 9.47 Å². The number of benzene rings is 5. The van der Waals surface area contributed by atoms with Gasteiger partial charge in [0.05, 0.1) is 13.7 Å². The number of rotatable bonds is 12. The van der Waals surface area contributed by atoms with Crippen LogP contribution in [0.5, 0.6) is 11.5 Å². The Bertz CT molecular complexity index is 1600. The highest BCUT2D eigenvalue weighted by molar-refractivity contribution is 5.86. The van der Waals surface area contributed by atoms with Gasteiger partial charge in [-0.05, 0) is 108 Å². The minimum Gasteiger partial charge on any atom is -0.497 e. The molecule has 0 saturated heterocycles. The van der Waals surface area contributed by atoms with Crippen molar-refractivity contribution in [1.29, 1.82) is 0 Å². The average Bonchev–Trinajstić information content (AvgIpc) is 3.07. The summed E-state index contributed by atoms with van der Waals surface area (Å²) in [6.07, 6.45) is 8.94. The number of fused-ring (bicyclic) bond motifs is 1. The van der Waals surface area contributed by atoms with Crippen LogP contribution in [0.2, 0.25) is 0 Å². The molecule has 0 aliphatic carbocycles. The van der Waals surface area contributed by atoms with E-state index in [0.29, 0.717) is 11.8 Å². The topological polar surface area (TPSA) is 18.5 Å². The number of ether oxygens (including phenoxy) is 2. The first-order chi connectivity index (χ1) is 21.5. The van der Waals surface area contributed by atoms with Crippen molar-refractivity contribution in [2.24, 2.45) is 0 Å². The average molecular weight is 585 g/mol. The maximum Gasteiger partial charge on any atom is 0.122 e. The summed E-state index contributed by atoms with van der Waals surface area (Å²) >= 11 is 0. The maximum atomic E-state index is 5.63. The molecule has 5 aromatic rings. The molecular weight excluding hydrogens is 536 g/mol. The molecule has 0 N–H and O–H groups in total. The van der Waals surface area contributed by atoms with E-state index in [4.69, 9.17) is 9.47 Å². The van der Waals surface area contributed by atoms with Gasteiger partial charge in [-0.15, -0.1) is 0 Å². The van der Waals surface area contributed by atoms with Crippen LogP contribution in [0.1, 0.15) is 79.7 Å². The van der Waals surface area contributed by atoms with Crippen molar-refractivity contribution < 1.29 is 9.47 Å². The van der Waals surface area contributed by atoms with Crippen molar-refractivity contribution in [3.63, 3.8) is 0 Å². The van der Waals surface area contributed by atoms with Crippen LogP contribution in [0.15, 0.2) is 121 Å². The number of allylic oxidation sites excluding steroid dienone is 1. The van der Waals surface area contributed by atoms with Crippen LogP contribution in [0.25, 0.3) is 16.8 Å². The van der Waals surface area contributed by atoms with Crippen LogP contribution >= 0.6 is 0 Å². The van der Waals surface area contributed by atoms with Gasteiger partial charge in [-0.3, -0.25) is 0 Å². The van der Waals surface area contributed by atoms with Gasteiger partial charge in [0.15, 0.2) is 0 Å². The lowest BCUT2D eigenvalue weighted by atomic mass is 9.90. The van der Waals surface area contributed by atoms with Crippen LogP contribution < -0.4 is 9.47 Å². The van der Waals surface area contributed by atoms with E-state index in [9.17, 15) is 0 Å². The van der Waals surface area contributed by atoms with Crippen molar-refractivity contribution in [3.05, 3.63) is 149 Å². The largest absolute Gasteiger partial charge is 0.497 e. The Hall–Kier alpha value is -4.30. The molecule has 44 heavy (non-hydrogen) atoms. The Kier molecular flexibility index (Phi) is 12.7. The van der Waals surface area contributed by atoms with E-state index in [1.807, 2.05) is 19.1 Å². The molecule has 2 atom stereocenters. The maximum absolute atomic E-state index is 5.63. The van der Waals surface area contributed by atoms with E-state index >= 15 is 0 Å². The Balaban J connectivity index is 0.000000204. The van der Waals surface area contributed by atoms with E-state index in [2.05, 4.69) is 136 Å². The highest BCUT2D eigenvalue weighted by Crippen LogP contribution is 2.29. The molecule has 0 aliphatic heterocycles. The number of methoxy groups -OCH3 is 1.